The third-order valence-electron chi connectivity index (χ3n) is 4.41. The summed E-state index contributed by atoms with van der Waals surface area (Å²) < 4.78 is 5.11. The first kappa shape index (κ1) is 19.8. The first-order chi connectivity index (χ1) is 12.4. The molecule has 1 heterocycles. The van der Waals surface area contributed by atoms with Crippen molar-refractivity contribution in [1.82, 2.24) is 10.6 Å². The van der Waals surface area contributed by atoms with Crippen molar-refractivity contribution in [2.45, 2.75) is 20.4 Å². The number of hydrogen-bond acceptors (Lipinski definition) is 4. The molecule has 26 heavy (non-hydrogen) atoms. The number of anilines is 1. The molecule has 1 atom stereocenters. The van der Waals surface area contributed by atoms with Crippen LogP contribution in [0.1, 0.15) is 19.4 Å². The average molecular weight is 361 g/mol. The molecule has 0 aromatic heterocycles. The Labute approximate surface area is 155 Å². The van der Waals surface area contributed by atoms with Crippen LogP contribution in [0.4, 0.5) is 10.5 Å². The van der Waals surface area contributed by atoms with Gasteiger partial charge in [0, 0.05) is 25.3 Å². The fourth-order valence-corrected chi connectivity index (χ4v) is 2.86. The molecule has 1 aliphatic heterocycles. The minimum Gasteiger partial charge on any atom is -0.463 e. The number of carbonyl (C=O) groups is 2. The van der Waals surface area contributed by atoms with Gasteiger partial charge in [0.05, 0.1) is 31.0 Å². The summed E-state index contributed by atoms with van der Waals surface area (Å²) in [6.07, 6.45) is 0. The summed E-state index contributed by atoms with van der Waals surface area (Å²) in [4.78, 5) is 27.2. The topological polar surface area (TPSA) is 75.1 Å². The van der Waals surface area contributed by atoms with E-state index in [1.165, 1.54) is 10.5 Å². The number of nitrogens with one attached hydrogen (secondary N) is 3. The second-order valence-corrected chi connectivity index (χ2v) is 6.50. The molecule has 0 fully saturated rings. The van der Waals surface area contributed by atoms with Gasteiger partial charge in [-0.2, -0.15) is 0 Å². The van der Waals surface area contributed by atoms with Crippen molar-refractivity contribution in [3.05, 3.63) is 41.1 Å². The summed E-state index contributed by atoms with van der Waals surface area (Å²) in [6, 6.07) is 8.15. The molecule has 0 aliphatic carbocycles. The minimum absolute atomic E-state index is 0.203. The SMILES string of the molecule is CCOC(=O)C1=C(C[NH+](CC)Cc2ccc(N(C)C)cc2)NC(=O)NC1. The molecule has 1 aromatic carbocycles. The Morgan fingerprint density at radius 3 is 2.46 bits per heavy atom. The second-order valence-electron chi connectivity index (χ2n) is 6.50. The highest BCUT2D eigenvalue weighted by Crippen LogP contribution is 2.12. The molecule has 0 radical (unpaired) electrons. The zero-order valence-electron chi connectivity index (χ0n) is 16.0. The van der Waals surface area contributed by atoms with Crippen LogP contribution in [0.2, 0.25) is 0 Å². The Hall–Kier alpha value is -2.54. The van der Waals surface area contributed by atoms with Gasteiger partial charge < -0.3 is 25.2 Å². The fourth-order valence-electron chi connectivity index (χ4n) is 2.86. The largest absolute Gasteiger partial charge is 0.463 e. The molecule has 2 rings (SSSR count). The Bertz CT molecular complexity index is 668. The summed E-state index contributed by atoms with van der Waals surface area (Å²) in [5.41, 5.74) is 3.52. The van der Waals surface area contributed by atoms with Crippen molar-refractivity contribution in [2.24, 2.45) is 0 Å². The van der Waals surface area contributed by atoms with Crippen LogP contribution in [-0.4, -0.2) is 52.3 Å². The lowest BCUT2D eigenvalue weighted by Crippen LogP contribution is -3.10. The van der Waals surface area contributed by atoms with Gasteiger partial charge in [-0.3, -0.25) is 0 Å². The number of nitrogens with zero attached hydrogens (tertiary/aromatic N) is 1. The highest BCUT2D eigenvalue weighted by atomic mass is 16.5. The molecule has 0 saturated heterocycles. The van der Waals surface area contributed by atoms with E-state index in [0.717, 1.165) is 18.8 Å². The van der Waals surface area contributed by atoms with Gasteiger partial charge in [0.15, 0.2) is 0 Å². The summed E-state index contributed by atoms with van der Waals surface area (Å²) >= 11 is 0. The molecule has 2 amide bonds. The van der Waals surface area contributed by atoms with Gasteiger partial charge >= 0.3 is 12.0 Å². The molecule has 3 N–H and O–H groups in total. The first-order valence-corrected chi connectivity index (χ1v) is 8.98. The number of benzene rings is 1. The number of likely N-dealkylation sites (N-methyl/N-ethyl adjacent to an activating group) is 1. The monoisotopic (exact) mass is 361 g/mol. The van der Waals surface area contributed by atoms with E-state index < -0.39 is 0 Å². The van der Waals surface area contributed by atoms with E-state index in [1.807, 2.05) is 14.1 Å². The van der Waals surface area contributed by atoms with Crippen LogP contribution >= 0.6 is 0 Å². The van der Waals surface area contributed by atoms with Crippen molar-refractivity contribution < 1.29 is 19.2 Å². The number of hydrogen-bond donors (Lipinski definition) is 3. The minimum atomic E-state index is -0.374. The van der Waals surface area contributed by atoms with Gasteiger partial charge in [0.2, 0.25) is 0 Å². The lowest BCUT2D eigenvalue weighted by Gasteiger charge is -2.25. The summed E-state index contributed by atoms with van der Waals surface area (Å²) in [5, 5.41) is 5.42. The number of amides is 2. The number of carbonyl (C=O) groups excluding carboxylic acids is 2. The molecule has 1 aromatic rings. The van der Waals surface area contributed by atoms with Crippen molar-refractivity contribution in [3.8, 4) is 0 Å². The summed E-state index contributed by atoms with van der Waals surface area (Å²) in [6.45, 7) is 6.63. The third kappa shape index (κ3) is 5.23. The zero-order chi connectivity index (χ0) is 19.1. The highest BCUT2D eigenvalue weighted by molar-refractivity contribution is 5.93. The Morgan fingerprint density at radius 1 is 1.19 bits per heavy atom. The predicted octanol–water partition coefficient (Wildman–Crippen LogP) is 0.287. The fraction of sp³-hybridized carbons (Fsp3) is 0.474. The maximum atomic E-state index is 12.2. The smallest absolute Gasteiger partial charge is 0.337 e. The molecule has 7 heteroatoms. The molecule has 0 saturated carbocycles. The van der Waals surface area contributed by atoms with E-state index in [0.29, 0.717) is 24.4 Å². The first-order valence-electron chi connectivity index (χ1n) is 8.98. The maximum Gasteiger partial charge on any atom is 0.337 e. The van der Waals surface area contributed by atoms with Crippen LogP contribution in [0.25, 0.3) is 0 Å². The average Bonchev–Trinajstić information content (AvgIpc) is 2.61. The van der Waals surface area contributed by atoms with Gasteiger partial charge in [-0.1, -0.05) is 12.1 Å². The highest BCUT2D eigenvalue weighted by Gasteiger charge is 2.26. The van der Waals surface area contributed by atoms with Crippen LogP contribution < -0.4 is 20.4 Å². The van der Waals surface area contributed by atoms with Gasteiger partial charge in [-0.15, -0.1) is 0 Å². The number of ether oxygens (including phenoxy) is 1. The lowest BCUT2D eigenvalue weighted by molar-refractivity contribution is -0.907. The standard InChI is InChI=1S/C19H28N4O3/c1-5-23(12-14-7-9-15(10-8-14)22(3)4)13-17-16(18(24)26-6-2)11-20-19(25)21-17/h7-10H,5-6,11-13H2,1-4H3,(H2,20,21,25)/p+1. The van der Waals surface area contributed by atoms with Crippen LogP contribution in [0, 0.1) is 0 Å². The van der Waals surface area contributed by atoms with E-state index in [9.17, 15) is 9.59 Å². The number of rotatable bonds is 8. The summed E-state index contributed by atoms with van der Waals surface area (Å²) in [5.74, 6) is -0.374. The molecular weight excluding hydrogens is 332 g/mol. The van der Waals surface area contributed by atoms with Crippen molar-refractivity contribution in [3.63, 3.8) is 0 Å². The van der Waals surface area contributed by atoms with Crippen molar-refractivity contribution >= 4 is 17.7 Å². The Balaban J connectivity index is 2.12. The molecule has 7 nitrogen and oxygen atoms in total. The normalized spacial score (nSPS) is 15.2. The number of urea groups is 1. The predicted molar refractivity (Wildman–Crippen MR) is 101 cm³/mol. The van der Waals surface area contributed by atoms with Crippen molar-refractivity contribution in [1.29, 1.82) is 0 Å². The van der Waals surface area contributed by atoms with Gasteiger partial charge in [0.1, 0.15) is 13.1 Å². The van der Waals surface area contributed by atoms with E-state index in [2.05, 4.69) is 46.7 Å². The zero-order valence-corrected chi connectivity index (χ0v) is 16.0. The van der Waals surface area contributed by atoms with E-state index in [1.54, 1.807) is 6.92 Å². The van der Waals surface area contributed by atoms with Gasteiger partial charge in [-0.25, -0.2) is 9.59 Å². The maximum absolute atomic E-state index is 12.2. The molecule has 1 aliphatic rings. The number of quaternary nitrogens is 1. The van der Waals surface area contributed by atoms with E-state index in [-0.39, 0.29) is 18.5 Å². The summed E-state index contributed by atoms with van der Waals surface area (Å²) in [7, 11) is 4.03. The quantitative estimate of drug-likeness (QED) is 0.582. The van der Waals surface area contributed by atoms with Crippen LogP contribution in [-0.2, 0) is 16.1 Å². The number of esters is 1. The van der Waals surface area contributed by atoms with Crippen molar-refractivity contribution in [2.75, 3.05) is 45.2 Å². The molecule has 1 unspecified atom stereocenters. The third-order valence-corrected chi connectivity index (χ3v) is 4.41. The Morgan fingerprint density at radius 2 is 1.88 bits per heavy atom. The van der Waals surface area contributed by atoms with Crippen LogP contribution in [0.3, 0.4) is 0 Å². The molecular formula is C19H29N4O3+. The lowest BCUT2D eigenvalue weighted by atomic mass is 10.1. The molecule has 0 spiro atoms. The van der Waals surface area contributed by atoms with E-state index in [4.69, 9.17) is 4.74 Å². The van der Waals surface area contributed by atoms with Crippen LogP contribution in [0.5, 0.6) is 0 Å². The van der Waals surface area contributed by atoms with Gasteiger partial charge in [-0.05, 0) is 26.0 Å². The Kier molecular flexibility index (Phi) is 7.03. The second kappa shape index (κ2) is 9.24. The van der Waals surface area contributed by atoms with Crippen LogP contribution in [0.15, 0.2) is 35.5 Å². The molecule has 0 bridgehead atoms. The van der Waals surface area contributed by atoms with Gasteiger partial charge in [0.25, 0.3) is 0 Å². The van der Waals surface area contributed by atoms with E-state index >= 15 is 0 Å². The molecule has 142 valence electrons.